The Morgan fingerprint density at radius 3 is 2.12 bits per heavy atom. The Bertz CT molecular complexity index is 806. The van der Waals surface area contributed by atoms with Crippen molar-refractivity contribution in [1.29, 1.82) is 0 Å². The SMILES string of the molecule is CCS(=O)(=O)C1CCN(C(=O)CCN2C(=O)c3ccccc3C2=O)CC1. The summed E-state index contributed by atoms with van der Waals surface area (Å²) in [6.45, 7) is 2.46. The number of amides is 3. The zero-order chi connectivity index (χ0) is 18.9. The van der Waals surface area contributed by atoms with E-state index in [1.165, 1.54) is 0 Å². The third-order valence-electron chi connectivity index (χ3n) is 5.13. The van der Waals surface area contributed by atoms with Crippen molar-refractivity contribution in [3.63, 3.8) is 0 Å². The van der Waals surface area contributed by atoms with Gasteiger partial charge in [-0.15, -0.1) is 0 Å². The van der Waals surface area contributed by atoms with Gasteiger partial charge in [0.2, 0.25) is 5.91 Å². The quantitative estimate of drug-likeness (QED) is 0.716. The molecule has 0 aromatic heterocycles. The third kappa shape index (κ3) is 3.38. The molecule has 3 rings (SSSR count). The Balaban J connectivity index is 1.55. The highest BCUT2D eigenvalue weighted by Crippen LogP contribution is 2.23. The molecular weight excluding hydrogens is 356 g/mol. The van der Waals surface area contributed by atoms with E-state index in [2.05, 4.69) is 0 Å². The van der Waals surface area contributed by atoms with E-state index in [0.717, 1.165) is 4.90 Å². The van der Waals surface area contributed by atoms with Crippen LogP contribution in [0.4, 0.5) is 0 Å². The summed E-state index contributed by atoms with van der Waals surface area (Å²) in [6, 6.07) is 6.62. The van der Waals surface area contributed by atoms with E-state index in [1.54, 1.807) is 36.1 Å². The van der Waals surface area contributed by atoms with E-state index in [9.17, 15) is 22.8 Å². The van der Waals surface area contributed by atoms with E-state index in [-0.39, 0.29) is 41.7 Å². The number of rotatable bonds is 5. The molecule has 3 amide bonds. The summed E-state index contributed by atoms with van der Waals surface area (Å²) < 4.78 is 23.9. The second-order valence-corrected chi connectivity index (χ2v) is 9.16. The first kappa shape index (κ1) is 18.6. The second-order valence-electron chi connectivity index (χ2n) is 6.59. The van der Waals surface area contributed by atoms with Crippen LogP contribution in [0.1, 0.15) is 46.9 Å². The van der Waals surface area contributed by atoms with Gasteiger partial charge in [0, 0.05) is 31.8 Å². The Hall–Kier alpha value is -2.22. The van der Waals surface area contributed by atoms with Crippen LogP contribution in [0.5, 0.6) is 0 Å². The second kappa shape index (κ2) is 7.19. The molecule has 2 heterocycles. The fourth-order valence-corrected chi connectivity index (χ4v) is 4.91. The lowest BCUT2D eigenvalue weighted by atomic mass is 10.1. The molecule has 2 aliphatic rings. The largest absolute Gasteiger partial charge is 0.343 e. The van der Waals surface area contributed by atoms with E-state index < -0.39 is 9.84 Å². The molecule has 7 nitrogen and oxygen atoms in total. The van der Waals surface area contributed by atoms with E-state index in [0.29, 0.717) is 37.1 Å². The van der Waals surface area contributed by atoms with Crippen LogP contribution < -0.4 is 0 Å². The van der Waals surface area contributed by atoms with Gasteiger partial charge in [0.15, 0.2) is 9.84 Å². The van der Waals surface area contributed by atoms with Gasteiger partial charge in [0.25, 0.3) is 11.8 Å². The minimum atomic E-state index is -3.08. The van der Waals surface area contributed by atoms with Crippen LogP contribution in [-0.2, 0) is 14.6 Å². The van der Waals surface area contributed by atoms with Crippen molar-refractivity contribution in [2.24, 2.45) is 0 Å². The molecule has 0 N–H and O–H groups in total. The number of hydrogen-bond acceptors (Lipinski definition) is 5. The van der Waals surface area contributed by atoms with Crippen LogP contribution in [0.25, 0.3) is 0 Å². The number of fused-ring (bicyclic) bond motifs is 1. The molecule has 140 valence electrons. The predicted octanol–water partition coefficient (Wildman–Crippen LogP) is 1.10. The first-order valence-electron chi connectivity index (χ1n) is 8.79. The van der Waals surface area contributed by atoms with Gasteiger partial charge in [0.05, 0.1) is 16.4 Å². The Morgan fingerprint density at radius 2 is 1.62 bits per heavy atom. The van der Waals surface area contributed by atoms with Crippen molar-refractivity contribution in [1.82, 2.24) is 9.80 Å². The lowest BCUT2D eigenvalue weighted by Gasteiger charge is -2.32. The number of benzene rings is 1. The maximum absolute atomic E-state index is 12.4. The predicted molar refractivity (Wildman–Crippen MR) is 95.5 cm³/mol. The molecule has 0 atom stereocenters. The van der Waals surface area contributed by atoms with Crippen LogP contribution in [0, 0.1) is 0 Å². The van der Waals surface area contributed by atoms with Crippen molar-refractivity contribution in [2.75, 3.05) is 25.4 Å². The molecule has 1 aromatic carbocycles. The number of nitrogens with zero attached hydrogens (tertiary/aromatic N) is 2. The maximum atomic E-state index is 12.4. The Labute approximate surface area is 152 Å². The highest BCUT2D eigenvalue weighted by atomic mass is 32.2. The topological polar surface area (TPSA) is 91.8 Å². The van der Waals surface area contributed by atoms with Crippen molar-refractivity contribution in [3.05, 3.63) is 35.4 Å². The summed E-state index contributed by atoms with van der Waals surface area (Å²) in [4.78, 5) is 39.7. The average Bonchev–Trinajstić information content (AvgIpc) is 2.91. The smallest absolute Gasteiger partial charge is 0.261 e. The standard InChI is InChI=1S/C18H22N2O5S/c1-2-26(24,25)13-7-10-19(11-8-13)16(21)9-12-20-17(22)14-5-3-4-6-15(14)18(20)23/h3-6,13H,2,7-12H2,1H3. The molecule has 0 radical (unpaired) electrons. The average molecular weight is 378 g/mol. The highest BCUT2D eigenvalue weighted by molar-refractivity contribution is 7.92. The molecule has 0 spiro atoms. The first-order chi connectivity index (χ1) is 12.3. The zero-order valence-electron chi connectivity index (χ0n) is 14.7. The minimum absolute atomic E-state index is 0.0400. The van der Waals surface area contributed by atoms with Crippen LogP contribution >= 0.6 is 0 Å². The zero-order valence-corrected chi connectivity index (χ0v) is 15.5. The molecule has 8 heteroatoms. The number of imide groups is 1. The van der Waals surface area contributed by atoms with Gasteiger partial charge in [-0.25, -0.2) is 8.42 Å². The van der Waals surface area contributed by atoms with Gasteiger partial charge in [-0.05, 0) is 25.0 Å². The monoisotopic (exact) mass is 378 g/mol. The molecule has 0 bridgehead atoms. The number of piperidine rings is 1. The van der Waals surface area contributed by atoms with Crippen LogP contribution in [-0.4, -0.2) is 66.6 Å². The van der Waals surface area contributed by atoms with Crippen LogP contribution in [0.15, 0.2) is 24.3 Å². The number of likely N-dealkylation sites (tertiary alicyclic amines) is 1. The van der Waals surface area contributed by atoms with Gasteiger partial charge in [-0.2, -0.15) is 0 Å². The summed E-state index contributed by atoms with van der Waals surface area (Å²) in [5.41, 5.74) is 0.742. The molecule has 26 heavy (non-hydrogen) atoms. The lowest BCUT2D eigenvalue weighted by molar-refractivity contribution is -0.132. The Kier molecular flexibility index (Phi) is 5.13. The number of carbonyl (C=O) groups excluding carboxylic acids is 3. The number of sulfone groups is 1. The molecule has 0 aliphatic carbocycles. The Morgan fingerprint density at radius 1 is 1.08 bits per heavy atom. The fraction of sp³-hybridized carbons (Fsp3) is 0.500. The van der Waals surface area contributed by atoms with Gasteiger partial charge in [-0.3, -0.25) is 19.3 Å². The van der Waals surface area contributed by atoms with Crippen molar-refractivity contribution in [3.8, 4) is 0 Å². The molecule has 0 saturated carbocycles. The van der Waals surface area contributed by atoms with Crippen LogP contribution in [0.2, 0.25) is 0 Å². The maximum Gasteiger partial charge on any atom is 0.261 e. The molecular formula is C18H22N2O5S. The van der Waals surface area contributed by atoms with E-state index in [1.807, 2.05) is 0 Å². The first-order valence-corrected chi connectivity index (χ1v) is 10.5. The highest BCUT2D eigenvalue weighted by Gasteiger charge is 2.36. The van der Waals surface area contributed by atoms with Gasteiger partial charge < -0.3 is 4.90 Å². The third-order valence-corrected chi connectivity index (χ3v) is 7.42. The van der Waals surface area contributed by atoms with Crippen molar-refractivity contribution >= 4 is 27.6 Å². The minimum Gasteiger partial charge on any atom is -0.343 e. The normalized spacial score (nSPS) is 18.3. The van der Waals surface area contributed by atoms with Crippen LogP contribution in [0.3, 0.4) is 0 Å². The van der Waals surface area contributed by atoms with Gasteiger partial charge in [0.1, 0.15) is 0 Å². The van der Waals surface area contributed by atoms with Gasteiger partial charge in [-0.1, -0.05) is 19.1 Å². The van der Waals surface area contributed by atoms with E-state index in [4.69, 9.17) is 0 Å². The van der Waals surface area contributed by atoms with Crippen molar-refractivity contribution < 1.29 is 22.8 Å². The summed E-state index contributed by atoms with van der Waals surface area (Å²) in [5, 5.41) is -0.382. The fourth-order valence-electron chi connectivity index (χ4n) is 3.51. The summed E-state index contributed by atoms with van der Waals surface area (Å²) in [7, 11) is -3.08. The van der Waals surface area contributed by atoms with Gasteiger partial charge >= 0.3 is 0 Å². The molecule has 2 aliphatic heterocycles. The molecule has 1 fully saturated rings. The lowest BCUT2D eigenvalue weighted by Crippen LogP contribution is -2.44. The molecule has 1 aromatic rings. The van der Waals surface area contributed by atoms with Crippen molar-refractivity contribution in [2.45, 2.75) is 31.4 Å². The number of carbonyl (C=O) groups is 3. The summed E-state index contributed by atoms with van der Waals surface area (Å²) >= 11 is 0. The number of hydrogen-bond donors (Lipinski definition) is 0. The van der Waals surface area contributed by atoms with E-state index >= 15 is 0 Å². The molecule has 0 unspecified atom stereocenters. The molecule has 1 saturated heterocycles. The summed E-state index contributed by atoms with van der Waals surface area (Å²) in [5.74, 6) is -0.781. The summed E-state index contributed by atoms with van der Waals surface area (Å²) in [6.07, 6.45) is 0.931.